The summed E-state index contributed by atoms with van der Waals surface area (Å²) in [5.74, 6) is -0.0273. The third kappa shape index (κ3) is 3.95. The van der Waals surface area contributed by atoms with E-state index in [2.05, 4.69) is 10.6 Å². The minimum atomic E-state index is -0.198. The van der Waals surface area contributed by atoms with Crippen molar-refractivity contribution in [3.63, 3.8) is 0 Å². The van der Waals surface area contributed by atoms with E-state index in [1.165, 1.54) is 7.11 Å². The minimum absolute atomic E-state index is 0.0273. The molecule has 0 saturated carbocycles. The number of carbonyl (C=O) groups excluding carboxylic acids is 2. The molecule has 0 radical (unpaired) electrons. The monoisotopic (exact) mass is 345 g/mol. The second-order valence-electron chi connectivity index (χ2n) is 6.96. The summed E-state index contributed by atoms with van der Waals surface area (Å²) < 4.78 is 4.90. The van der Waals surface area contributed by atoms with Crippen molar-refractivity contribution in [3.05, 3.63) is 35.4 Å². The Morgan fingerprint density at radius 2 is 1.84 bits per heavy atom. The van der Waals surface area contributed by atoms with E-state index < -0.39 is 0 Å². The Morgan fingerprint density at radius 1 is 1.16 bits per heavy atom. The number of hydrogen-bond acceptors (Lipinski definition) is 4. The fourth-order valence-electron chi connectivity index (χ4n) is 4.12. The summed E-state index contributed by atoms with van der Waals surface area (Å²) in [7, 11) is 1.45. The Bertz CT molecular complexity index is 620. The van der Waals surface area contributed by atoms with E-state index in [1.54, 1.807) is 0 Å². The number of amides is 2. The van der Waals surface area contributed by atoms with Crippen LogP contribution in [-0.2, 0) is 4.74 Å². The molecular weight excluding hydrogens is 318 g/mol. The van der Waals surface area contributed by atoms with Gasteiger partial charge in [-0.15, -0.1) is 0 Å². The summed E-state index contributed by atoms with van der Waals surface area (Å²) in [5, 5.41) is 6.50. The molecule has 0 spiro atoms. The van der Waals surface area contributed by atoms with Crippen molar-refractivity contribution in [2.45, 2.75) is 50.7 Å². The van der Waals surface area contributed by atoms with Crippen LogP contribution in [0.15, 0.2) is 24.3 Å². The van der Waals surface area contributed by atoms with Crippen LogP contribution in [0.5, 0.6) is 0 Å². The summed E-state index contributed by atoms with van der Waals surface area (Å²) in [6.45, 7) is 3.28. The number of ether oxygens (including phenoxy) is 1. The first-order valence-electron chi connectivity index (χ1n) is 9.03. The van der Waals surface area contributed by atoms with E-state index >= 15 is 0 Å². The Labute approximate surface area is 148 Å². The van der Waals surface area contributed by atoms with Gasteiger partial charge in [-0.1, -0.05) is 18.2 Å². The predicted molar refractivity (Wildman–Crippen MR) is 95.6 cm³/mol. The molecule has 2 N–H and O–H groups in total. The van der Waals surface area contributed by atoms with Gasteiger partial charge in [0.1, 0.15) is 0 Å². The number of fused-ring (bicyclic) bond motifs is 2. The standard InChI is InChI=1S/C19H27N3O3/c1-13-5-3-4-6-17(13)18(23)21-10-9-20-14-11-15-7-8-16(12-14)22(15)19(24)25-2/h3-6,14-16,20H,7-12H2,1-2H3,(H,21,23). The second-order valence-corrected chi connectivity index (χ2v) is 6.96. The second kappa shape index (κ2) is 7.87. The Hall–Kier alpha value is -2.08. The number of nitrogens with one attached hydrogen (secondary N) is 2. The van der Waals surface area contributed by atoms with E-state index in [1.807, 2.05) is 36.1 Å². The van der Waals surface area contributed by atoms with E-state index in [0.717, 1.165) is 43.4 Å². The van der Waals surface area contributed by atoms with Crippen molar-refractivity contribution < 1.29 is 14.3 Å². The van der Waals surface area contributed by atoms with Gasteiger partial charge in [-0.05, 0) is 44.2 Å². The molecule has 0 aliphatic carbocycles. The zero-order valence-electron chi connectivity index (χ0n) is 15.0. The molecule has 2 heterocycles. The van der Waals surface area contributed by atoms with Gasteiger partial charge in [-0.2, -0.15) is 0 Å². The summed E-state index contributed by atoms with van der Waals surface area (Å²) in [4.78, 5) is 26.0. The summed E-state index contributed by atoms with van der Waals surface area (Å²) in [6, 6.07) is 8.56. The van der Waals surface area contributed by atoms with Gasteiger partial charge >= 0.3 is 6.09 Å². The molecule has 3 rings (SSSR count). The lowest BCUT2D eigenvalue weighted by atomic mass is 9.98. The van der Waals surface area contributed by atoms with Crippen LogP contribution in [0, 0.1) is 6.92 Å². The highest BCUT2D eigenvalue weighted by atomic mass is 16.5. The molecule has 2 amide bonds. The zero-order chi connectivity index (χ0) is 17.8. The molecule has 2 bridgehead atoms. The lowest BCUT2D eigenvalue weighted by Gasteiger charge is -2.38. The van der Waals surface area contributed by atoms with Crippen LogP contribution in [0.2, 0.25) is 0 Å². The maximum Gasteiger partial charge on any atom is 0.409 e. The van der Waals surface area contributed by atoms with Gasteiger partial charge in [0.25, 0.3) is 5.91 Å². The summed E-state index contributed by atoms with van der Waals surface area (Å²) in [6.07, 6.45) is 3.83. The molecule has 2 unspecified atom stereocenters. The third-order valence-electron chi connectivity index (χ3n) is 5.35. The SMILES string of the molecule is COC(=O)N1C2CCC1CC(NCCNC(=O)c1ccccc1C)C2. The minimum Gasteiger partial charge on any atom is -0.453 e. The fraction of sp³-hybridized carbons (Fsp3) is 0.579. The van der Waals surface area contributed by atoms with E-state index in [0.29, 0.717) is 12.6 Å². The highest BCUT2D eigenvalue weighted by Crippen LogP contribution is 2.36. The average Bonchev–Trinajstić information content (AvgIpc) is 2.88. The van der Waals surface area contributed by atoms with E-state index in [9.17, 15) is 9.59 Å². The number of piperidine rings is 1. The van der Waals surface area contributed by atoms with Crippen LogP contribution < -0.4 is 10.6 Å². The molecule has 6 heteroatoms. The number of hydrogen-bond donors (Lipinski definition) is 2. The van der Waals surface area contributed by atoms with Crippen molar-refractivity contribution in [2.24, 2.45) is 0 Å². The van der Waals surface area contributed by atoms with Gasteiger partial charge in [-0.25, -0.2) is 4.79 Å². The first-order valence-corrected chi connectivity index (χ1v) is 9.03. The van der Waals surface area contributed by atoms with Gasteiger partial charge < -0.3 is 20.3 Å². The van der Waals surface area contributed by atoms with Gasteiger partial charge in [0.05, 0.1) is 7.11 Å². The molecule has 2 aliphatic rings. The predicted octanol–water partition coefficient (Wildman–Crippen LogP) is 2.08. The van der Waals surface area contributed by atoms with Gasteiger partial charge in [0, 0.05) is 36.8 Å². The summed E-state index contributed by atoms with van der Waals surface area (Å²) in [5.41, 5.74) is 1.71. The number of benzene rings is 1. The lowest BCUT2D eigenvalue weighted by Crippen LogP contribution is -2.52. The highest BCUT2D eigenvalue weighted by molar-refractivity contribution is 5.95. The van der Waals surface area contributed by atoms with Gasteiger partial charge in [0.2, 0.25) is 0 Å². The maximum absolute atomic E-state index is 12.2. The zero-order valence-corrected chi connectivity index (χ0v) is 15.0. The van der Waals surface area contributed by atoms with Gasteiger partial charge in [0.15, 0.2) is 0 Å². The van der Waals surface area contributed by atoms with Crippen LogP contribution in [-0.4, -0.2) is 55.2 Å². The topological polar surface area (TPSA) is 70.7 Å². The fourth-order valence-corrected chi connectivity index (χ4v) is 4.12. The number of rotatable bonds is 5. The van der Waals surface area contributed by atoms with E-state index in [-0.39, 0.29) is 24.1 Å². The normalized spacial score (nSPS) is 24.9. The molecule has 2 atom stereocenters. The van der Waals surface area contributed by atoms with Gasteiger partial charge in [-0.3, -0.25) is 4.79 Å². The molecule has 1 aromatic rings. The number of nitrogens with zero attached hydrogens (tertiary/aromatic N) is 1. The Kier molecular flexibility index (Phi) is 5.58. The van der Waals surface area contributed by atoms with Crippen molar-refractivity contribution >= 4 is 12.0 Å². The van der Waals surface area contributed by atoms with Crippen LogP contribution in [0.25, 0.3) is 0 Å². The van der Waals surface area contributed by atoms with E-state index in [4.69, 9.17) is 4.74 Å². The largest absolute Gasteiger partial charge is 0.453 e. The molecule has 2 aliphatic heterocycles. The molecule has 2 fully saturated rings. The first-order chi connectivity index (χ1) is 12.1. The number of aryl methyl sites for hydroxylation is 1. The highest BCUT2D eigenvalue weighted by Gasteiger charge is 2.43. The quantitative estimate of drug-likeness (QED) is 0.802. The van der Waals surface area contributed by atoms with Crippen LogP contribution in [0.1, 0.15) is 41.6 Å². The first kappa shape index (κ1) is 17.7. The van der Waals surface area contributed by atoms with Crippen molar-refractivity contribution in [1.29, 1.82) is 0 Å². The Morgan fingerprint density at radius 3 is 2.48 bits per heavy atom. The average molecular weight is 345 g/mol. The smallest absolute Gasteiger partial charge is 0.409 e. The summed E-state index contributed by atoms with van der Waals surface area (Å²) >= 11 is 0. The molecule has 1 aromatic carbocycles. The molecule has 0 aromatic heterocycles. The van der Waals surface area contributed by atoms with Crippen molar-refractivity contribution in [2.75, 3.05) is 20.2 Å². The molecule has 25 heavy (non-hydrogen) atoms. The molecule has 136 valence electrons. The Balaban J connectivity index is 1.41. The molecule has 2 saturated heterocycles. The van der Waals surface area contributed by atoms with Crippen molar-refractivity contribution in [1.82, 2.24) is 15.5 Å². The van der Waals surface area contributed by atoms with Crippen LogP contribution in [0.4, 0.5) is 4.79 Å². The number of carbonyl (C=O) groups is 2. The lowest BCUT2D eigenvalue weighted by molar-refractivity contribution is 0.0770. The molecular formula is C19H27N3O3. The van der Waals surface area contributed by atoms with Crippen LogP contribution >= 0.6 is 0 Å². The maximum atomic E-state index is 12.2. The van der Waals surface area contributed by atoms with Crippen molar-refractivity contribution in [3.8, 4) is 0 Å². The third-order valence-corrected chi connectivity index (χ3v) is 5.35. The number of methoxy groups -OCH3 is 1. The van der Waals surface area contributed by atoms with Crippen LogP contribution in [0.3, 0.4) is 0 Å². The molecule has 6 nitrogen and oxygen atoms in total.